The van der Waals surface area contributed by atoms with Gasteiger partial charge in [-0.25, -0.2) is 4.79 Å². The van der Waals surface area contributed by atoms with Gasteiger partial charge in [-0.15, -0.1) is 0 Å². The number of aliphatic imine (C=N–C) groups is 1. The summed E-state index contributed by atoms with van der Waals surface area (Å²) in [7, 11) is 0. The number of aliphatic hydroxyl groups excluding tert-OH is 1. The van der Waals surface area contributed by atoms with Crippen LogP contribution < -0.4 is 38.1 Å². The van der Waals surface area contributed by atoms with Gasteiger partial charge in [0.2, 0.25) is 29.5 Å². The minimum absolute atomic E-state index is 0.0267. The Bertz CT molecular complexity index is 2020. The first-order valence-electron chi connectivity index (χ1n) is 21.4. The lowest BCUT2D eigenvalue weighted by molar-refractivity contribution is -0.143. The Morgan fingerprint density at radius 3 is 2.25 bits per heavy atom. The fraction of sp³-hybridized carbons (Fsp3) is 0.568. The number of aliphatic carboxylic acids is 2. The zero-order valence-electron chi connectivity index (χ0n) is 35.6. The zero-order chi connectivity index (χ0) is 46.1. The number of nitrogens with zero attached hydrogens (tertiary/aromatic N) is 1. The molecule has 0 aliphatic heterocycles. The Morgan fingerprint density at radius 2 is 1.57 bits per heavy atom. The molecule has 19 heteroatoms. The number of ketones is 1. The number of nitrogens with one attached hydrogen (secondary N) is 5. The van der Waals surface area contributed by atoms with Crippen LogP contribution in [0.5, 0.6) is 0 Å². The summed E-state index contributed by atoms with van der Waals surface area (Å²) in [5, 5.41) is 43.3. The lowest BCUT2D eigenvalue weighted by Crippen LogP contribution is -2.58. The van der Waals surface area contributed by atoms with Gasteiger partial charge < -0.3 is 53.4 Å². The van der Waals surface area contributed by atoms with Crippen LogP contribution in [0.4, 0.5) is 0 Å². The first-order chi connectivity index (χ1) is 29.8. The lowest BCUT2D eigenvalue weighted by Gasteiger charge is -2.58. The van der Waals surface area contributed by atoms with Crippen molar-refractivity contribution < 1.29 is 53.7 Å². The summed E-state index contributed by atoms with van der Waals surface area (Å²) in [5.41, 5.74) is 11.7. The zero-order valence-corrected chi connectivity index (χ0v) is 35.6. The van der Waals surface area contributed by atoms with Crippen molar-refractivity contribution in [1.29, 1.82) is 0 Å². The Hall–Kier alpha value is -6.11. The number of amides is 5. The summed E-state index contributed by atoms with van der Waals surface area (Å²) in [6, 6.07) is 3.86. The van der Waals surface area contributed by atoms with E-state index >= 15 is 0 Å². The normalized spacial score (nSPS) is 27.1. The van der Waals surface area contributed by atoms with Gasteiger partial charge in [-0.05, 0) is 79.9 Å². The molecule has 1 aromatic carbocycles. The number of allylic oxidation sites excluding steroid dienone is 4. The molecule has 4 aliphatic rings. The molecule has 10 atom stereocenters. The maximum absolute atomic E-state index is 13.3. The molecule has 1 aromatic rings. The van der Waals surface area contributed by atoms with Crippen LogP contribution >= 0.6 is 0 Å². The van der Waals surface area contributed by atoms with Crippen molar-refractivity contribution in [2.45, 2.75) is 115 Å². The number of nitrogens with two attached hydrogens (primary N) is 2. The van der Waals surface area contributed by atoms with Crippen LogP contribution in [-0.2, 0) is 44.8 Å². The highest BCUT2D eigenvalue weighted by molar-refractivity contribution is 6.01. The summed E-state index contributed by atoms with van der Waals surface area (Å²) < 4.78 is 0. The van der Waals surface area contributed by atoms with Gasteiger partial charge in [-0.2, -0.15) is 0 Å². The molecule has 63 heavy (non-hydrogen) atoms. The SMILES string of the molecule is C[C@]12C[C@@H](O)[C@H]3[C@@H](CCC4=CC(=O)C=C[C@@]43C)[C@@H]1CC[C@@H]2NC(=O)CCC(=O)N[C@@H](CCCN=C(N)N)C(=O)NCC(=O)N[C@@H](CC(=O)O)C(=O)N[C@@H](Cc1ccccc1)C(=O)O. The standard InChI is InChI=1S/C44H60N8O11/c1-43-17-16-26(53)20-25(43)10-11-27-28-12-13-33(44(28,2)22-32(54)38(27)43)52-35(56)15-14-34(55)49-29(9-6-18-47-42(45)46)39(60)48-23-36(57)50-30(21-37(58)59)40(61)51-31(41(62)63)19-24-7-4-3-5-8-24/h3-5,7-8,16-17,20,27-33,38,54H,6,9-15,18-19,21-23H2,1-2H3,(H,48,60)(H,49,55)(H,50,57)(H,51,61)(H,52,56)(H,58,59)(H,62,63)(H4,45,46,47)/t27-,28-,29-,30-,31-,32+,33-,38+,43-,44-/m0/s1. The van der Waals surface area contributed by atoms with E-state index < -0.39 is 78.2 Å². The number of rotatable bonds is 20. The highest BCUT2D eigenvalue weighted by Crippen LogP contribution is 2.64. The van der Waals surface area contributed by atoms with Gasteiger partial charge in [0.25, 0.3) is 0 Å². The Balaban J connectivity index is 1.14. The summed E-state index contributed by atoms with van der Waals surface area (Å²) in [5.74, 6) is -6.43. The Labute approximate surface area is 365 Å². The van der Waals surface area contributed by atoms with E-state index in [1.165, 1.54) is 0 Å². The molecule has 0 heterocycles. The number of carboxylic acid groups (broad SMARTS) is 2. The van der Waals surface area contributed by atoms with Crippen molar-refractivity contribution in [1.82, 2.24) is 26.6 Å². The summed E-state index contributed by atoms with van der Waals surface area (Å²) in [6.45, 7) is 3.60. The summed E-state index contributed by atoms with van der Waals surface area (Å²) >= 11 is 0. The summed E-state index contributed by atoms with van der Waals surface area (Å²) in [6.07, 6.45) is 7.14. The third-order valence-electron chi connectivity index (χ3n) is 13.4. The number of benzene rings is 1. The number of hydrogen-bond acceptors (Lipinski definition) is 10. The maximum atomic E-state index is 13.3. The second-order valence-corrected chi connectivity index (χ2v) is 17.6. The number of hydrogen-bond donors (Lipinski definition) is 10. The summed E-state index contributed by atoms with van der Waals surface area (Å²) in [4.78, 5) is 105. The van der Waals surface area contributed by atoms with Gasteiger partial charge in [-0.1, -0.05) is 55.8 Å². The van der Waals surface area contributed by atoms with Gasteiger partial charge in [0.05, 0.1) is 19.1 Å². The number of fused-ring (bicyclic) bond motifs is 5. The lowest BCUT2D eigenvalue weighted by atomic mass is 9.47. The molecule has 342 valence electrons. The minimum Gasteiger partial charge on any atom is -0.481 e. The smallest absolute Gasteiger partial charge is 0.326 e. The Morgan fingerprint density at radius 1 is 0.873 bits per heavy atom. The van der Waals surface area contributed by atoms with Crippen molar-refractivity contribution in [2.75, 3.05) is 13.1 Å². The topological polar surface area (TPSA) is 322 Å². The van der Waals surface area contributed by atoms with Crippen molar-refractivity contribution in [3.63, 3.8) is 0 Å². The van der Waals surface area contributed by atoms with Gasteiger partial charge in [-0.3, -0.25) is 38.6 Å². The van der Waals surface area contributed by atoms with Crippen molar-refractivity contribution in [3.05, 3.63) is 59.7 Å². The van der Waals surface area contributed by atoms with E-state index in [0.717, 1.165) is 24.8 Å². The molecule has 0 bridgehead atoms. The van der Waals surface area contributed by atoms with Gasteiger partial charge >= 0.3 is 11.9 Å². The van der Waals surface area contributed by atoms with E-state index in [1.54, 1.807) is 42.5 Å². The average molecular weight is 877 g/mol. The van der Waals surface area contributed by atoms with Crippen LogP contribution in [-0.4, -0.2) is 112 Å². The maximum Gasteiger partial charge on any atom is 0.326 e. The minimum atomic E-state index is -1.69. The second kappa shape index (κ2) is 20.8. The third-order valence-corrected chi connectivity index (χ3v) is 13.4. The molecule has 0 radical (unpaired) electrons. The molecule has 3 fully saturated rings. The monoisotopic (exact) mass is 876 g/mol. The molecule has 12 N–H and O–H groups in total. The number of carbonyl (C=O) groups is 8. The molecule has 5 amide bonds. The van der Waals surface area contributed by atoms with E-state index in [1.807, 2.05) is 6.08 Å². The van der Waals surface area contributed by atoms with Crippen molar-refractivity contribution in [3.8, 4) is 0 Å². The predicted octanol–water partition coefficient (Wildman–Crippen LogP) is -0.0437. The van der Waals surface area contributed by atoms with Gasteiger partial charge in [0.1, 0.15) is 18.1 Å². The van der Waals surface area contributed by atoms with Crippen LogP contribution in [0.3, 0.4) is 0 Å². The van der Waals surface area contributed by atoms with Crippen LogP contribution in [0.1, 0.15) is 83.6 Å². The predicted molar refractivity (Wildman–Crippen MR) is 228 cm³/mol. The largest absolute Gasteiger partial charge is 0.481 e. The first-order valence-corrected chi connectivity index (χ1v) is 21.4. The number of aliphatic hydroxyl groups is 1. The molecular weight excluding hydrogens is 817 g/mol. The number of carboxylic acids is 2. The molecular formula is C44H60N8O11. The molecule has 5 rings (SSSR count). The highest BCUT2D eigenvalue weighted by Gasteiger charge is 2.61. The van der Waals surface area contributed by atoms with Crippen LogP contribution in [0.15, 0.2) is 59.1 Å². The average Bonchev–Trinajstić information content (AvgIpc) is 3.54. The molecule has 4 aliphatic carbocycles. The fourth-order valence-corrected chi connectivity index (χ4v) is 10.3. The Kier molecular flexibility index (Phi) is 15.9. The van der Waals surface area contributed by atoms with E-state index in [-0.39, 0.29) is 85.5 Å². The fourth-order valence-electron chi connectivity index (χ4n) is 10.3. The molecule has 0 saturated heterocycles. The first kappa shape index (κ1) is 47.9. The third kappa shape index (κ3) is 12.1. The number of guanidine groups is 1. The molecule has 0 spiro atoms. The molecule has 0 unspecified atom stereocenters. The van der Waals surface area contributed by atoms with E-state index in [4.69, 9.17) is 11.5 Å². The van der Waals surface area contributed by atoms with Crippen molar-refractivity contribution in [2.24, 2.45) is 45.0 Å². The van der Waals surface area contributed by atoms with Gasteiger partial charge in [0, 0.05) is 43.2 Å². The van der Waals surface area contributed by atoms with E-state index in [2.05, 4.69) is 45.4 Å². The quantitative estimate of drug-likeness (QED) is 0.0468. The number of carbonyl (C=O) groups excluding carboxylic acids is 6. The van der Waals surface area contributed by atoms with Crippen LogP contribution in [0, 0.1) is 28.6 Å². The van der Waals surface area contributed by atoms with E-state index in [0.29, 0.717) is 18.4 Å². The van der Waals surface area contributed by atoms with Crippen LogP contribution in [0.25, 0.3) is 0 Å². The highest BCUT2D eigenvalue weighted by atomic mass is 16.4. The van der Waals surface area contributed by atoms with Crippen molar-refractivity contribution >= 4 is 53.2 Å². The molecule has 19 nitrogen and oxygen atoms in total. The van der Waals surface area contributed by atoms with Gasteiger partial charge in [0.15, 0.2) is 11.7 Å². The molecule has 0 aromatic heterocycles. The van der Waals surface area contributed by atoms with E-state index in [9.17, 15) is 53.7 Å². The molecule has 3 saturated carbocycles. The van der Waals surface area contributed by atoms with Crippen LogP contribution in [0.2, 0.25) is 0 Å². The second-order valence-electron chi connectivity index (χ2n) is 17.6.